The minimum absolute atomic E-state index is 0.207. The van der Waals surface area contributed by atoms with Crippen LogP contribution in [0.4, 0.5) is 0 Å². The van der Waals surface area contributed by atoms with Gasteiger partial charge in [-0.1, -0.05) is 19.1 Å². The second-order valence-corrected chi connectivity index (χ2v) is 4.99. The van der Waals surface area contributed by atoms with Crippen molar-refractivity contribution in [1.82, 2.24) is 4.90 Å². The molecule has 102 valence electrons. The lowest BCUT2D eigenvalue weighted by atomic mass is 10.0. The van der Waals surface area contributed by atoms with Crippen LogP contribution in [0.3, 0.4) is 0 Å². The third kappa shape index (κ3) is 4.67. The summed E-state index contributed by atoms with van der Waals surface area (Å²) in [6, 6.07) is 6.63. The Balaban J connectivity index is 2.91. The van der Waals surface area contributed by atoms with Crippen molar-refractivity contribution < 1.29 is 4.74 Å². The first-order valence-corrected chi connectivity index (χ1v) is 6.71. The summed E-state index contributed by atoms with van der Waals surface area (Å²) in [4.78, 5) is 2.17. The minimum atomic E-state index is 0.207. The molecule has 3 nitrogen and oxygen atoms in total. The first-order valence-electron chi connectivity index (χ1n) is 6.71. The first kappa shape index (κ1) is 15.0. The van der Waals surface area contributed by atoms with Crippen LogP contribution in [0.5, 0.6) is 5.75 Å². The van der Waals surface area contributed by atoms with Gasteiger partial charge in [-0.3, -0.25) is 0 Å². The van der Waals surface area contributed by atoms with E-state index in [4.69, 9.17) is 10.5 Å². The standard InChI is InChI=1S/C15H26N2O/c1-5-14(16)10-13-9-12(11-17(3)4)7-8-15(13)18-6-2/h7-9,14H,5-6,10-11,16H2,1-4H3. The highest BCUT2D eigenvalue weighted by atomic mass is 16.5. The second kappa shape index (κ2) is 7.39. The molecule has 1 aromatic carbocycles. The van der Waals surface area contributed by atoms with Crippen molar-refractivity contribution >= 4 is 0 Å². The van der Waals surface area contributed by atoms with Gasteiger partial charge in [0.25, 0.3) is 0 Å². The van der Waals surface area contributed by atoms with Gasteiger partial charge in [0.15, 0.2) is 0 Å². The molecule has 0 fully saturated rings. The molecular weight excluding hydrogens is 224 g/mol. The van der Waals surface area contributed by atoms with Gasteiger partial charge in [0, 0.05) is 12.6 Å². The van der Waals surface area contributed by atoms with E-state index in [1.807, 2.05) is 6.92 Å². The molecule has 18 heavy (non-hydrogen) atoms. The van der Waals surface area contributed by atoms with Gasteiger partial charge < -0.3 is 15.4 Å². The lowest BCUT2D eigenvalue weighted by Crippen LogP contribution is -2.22. The highest BCUT2D eigenvalue weighted by Gasteiger charge is 2.09. The molecule has 0 aliphatic heterocycles. The monoisotopic (exact) mass is 250 g/mol. The Morgan fingerprint density at radius 1 is 1.28 bits per heavy atom. The number of rotatable bonds is 7. The van der Waals surface area contributed by atoms with E-state index in [0.717, 1.165) is 25.1 Å². The highest BCUT2D eigenvalue weighted by molar-refractivity contribution is 5.38. The molecular formula is C15H26N2O. The molecule has 0 saturated heterocycles. The van der Waals surface area contributed by atoms with Crippen molar-refractivity contribution in [2.75, 3.05) is 20.7 Å². The molecule has 1 unspecified atom stereocenters. The van der Waals surface area contributed by atoms with Crippen molar-refractivity contribution in [2.45, 2.75) is 39.3 Å². The van der Waals surface area contributed by atoms with Gasteiger partial charge in [-0.15, -0.1) is 0 Å². The molecule has 0 aliphatic rings. The number of hydrogen-bond donors (Lipinski definition) is 1. The summed E-state index contributed by atoms with van der Waals surface area (Å²) in [5.74, 6) is 0.976. The van der Waals surface area contributed by atoms with E-state index in [2.05, 4.69) is 44.1 Å². The lowest BCUT2D eigenvalue weighted by Gasteiger charge is -2.16. The highest BCUT2D eigenvalue weighted by Crippen LogP contribution is 2.22. The van der Waals surface area contributed by atoms with Crippen LogP contribution >= 0.6 is 0 Å². The van der Waals surface area contributed by atoms with Gasteiger partial charge in [0.2, 0.25) is 0 Å². The number of nitrogens with zero attached hydrogens (tertiary/aromatic N) is 1. The predicted octanol–water partition coefficient (Wildman–Crippen LogP) is 2.43. The fraction of sp³-hybridized carbons (Fsp3) is 0.600. The van der Waals surface area contributed by atoms with Crippen LogP contribution in [0.15, 0.2) is 18.2 Å². The van der Waals surface area contributed by atoms with Crippen LogP contribution in [-0.2, 0) is 13.0 Å². The Morgan fingerprint density at radius 3 is 2.56 bits per heavy atom. The van der Waals surface area contributed by atoms with Gasteiger partial charge in [0.05, 0.1) is 6.61 Å². The summed E-state index contributed by atoms with van der Waals surface area (Å²) in [6.07, 6.45) is 1.87. The van der Waals surface area contributed by atoms with E-state index < -0.39 is 0 Å². The number of hydrogen-bond acceptors (Lipinski definition) is 3. The Hall–Kier alpha value is -1.06. The SMILES string of the molecule is CCOc1ccc(CN(C)C)cc1CC(N)CC. The third-order valence-electron chi connectivity index (χ3n) is 2.93. The maximum absolute atomic E-state index is 6.06. The van der Waals surface area contributed by atoms with Crippen LogP contribution in [0.2, 0.25) is 0 Å². The molecule has 2 N–H and O–H groups in total. The molecule has 1 rings (SSSR count). The van der Waals surface area contributed by atoms with Crippen molar-refractivity contribution in [2.24, 2.45) is 5.73 Å². The Kier molecular flexibility index (Phi) is 6.16. The zero-order valence-corrected chi connectivity index (χ0v) is 12.1. The Morgan fingerprint density at radius 2 is 2.00 bits per heavy atom. The predicted molar refractivity (Wildman–Crippen MR) is 77.0 cm³/mol. The van der Waals surface area contributed by atoms with E-state index in [1.54, 1.807) is 0 Å². The van der Waals surface area contributed by atoms with Crippen LogP contribution in [0, 0.1) is 0 Å². The summed E-state index contributed by atoms with van der Waals surface area (Å²) < 4.78 is 5.67. The smallest absolute Gasteiger partial charge is 0.122 e. The van der Waals surface area contributed by atoms with Crippen molar-refractivity contribution in [3.05, 3.63) is 29.3 Å². The van der Waals surface area contributed by atoms with E-state index in [9.17, 15) is 0 Å². The van der Waals surface area contributed by atoms with Gasteiger partial charge in [0.1, 0.15) is 5.75 Å². The van der Waals surface area contributed by atoms with E-state index in [1.165, 1.54) is 11.1 Å². The maximum atomic E-state index is 6.06. The van der Waals surface area contributed by atoms with Gasteiger partial charge in [-0.05, 0) is 51.1 Å². The summed E-state index contributed by atoms with van der Waals surface area (Å²) in [7, 11) is 4.15. The number of ether oxygens (including phenoxy) is 1. The van der Waals surface area contributed by atoms with Gasteiger partial charge in [-0.2, -0.15) is 0 Å². The Labute approximate surface area is 111 Å². The Bertz CT molecular complexity index is 364. The van der Waals surface area contributed by atoms with Crippen LogP contribution in [0.1, 0.15) is 31.4 Å². The minimum Gasteiger partial charge on any atom is -0.494 e. The maximum Gasteiger partial charge on any atom is 0.122 e. The number of benzene rings is 1. The molecule has 0 saturated carbocycles. The summed E-state index contributed by atoms with van der Waals surface area (Å²) in [5, 5.41) is 0. The number of nitrogens with two attached hydrogens (primary N) is 1. The van der Waals surface area contributed by atoms with E-state index >= 15 is 0 Å². The molecule has 0 amide bonds. The molecule has 0 bridgehead atoms. The summed E-state index contributed by atoms with van der Waals surface area (Å²) >= 11 is 0. The van der Waals surface area contributed by atoms with Crippen molar-refractivity contribution in [1.29, 1.82) is 0 Å². The average Bonchev–Trinajstić information content (AvgIpc) is 2.31. The normalized spacial score (nSPS) is 12.8. The van der Waals surface area contributed by atoms with Crippen LogP contribution < -0.4 is 10.5 Å². The molecule has 0 aliphatic carbocycles. The molecule has 1 atom stereocenters. The topological polar surface area (TPSA) is 38.5 Å². The largest absolute Gasteiger partial charge is 0.494 e. The molecule has 0 heterocycles. The first-order chi connectivity index (χ1) is 8.56. The van der Waals surface area contributed by atoms with Crippen molar-refractivity contribution in [3.8, 4) is 5.75 Å². The third-order valence-corrected chi connectivity index (χ3v) is 2.93. The quantitative estimate of drug-likeness (QED) is 0.807. The van der Waals surface area contributed by atoms with Gasteiger partial charge >= 0.3 is 0 Å². The van der Waals surface area contributed by atoms with Crippen molar-refractivity contribution in [3.63, 3.8) is 0 Å². The van der Waals surface area contributed by atoms with E-state index in [-0.39, 0.29) is 6.04 Å². The molecule has 0 radical (unpaired) electrons. The second-order valence-electron chi connectivity index (χ2n) is 4.99. The molecule has 1 aromatic rings. The summed E-state index contributed by atoms with van der Waals surface area (Å²) in [6.45, 7) is 5.77. The van der Waals surface area contributed by atoms with Gasteiger partial charge in [-0.25, -0.2) is 0 Å². The lowest BCUT2D eigenvalue weighted by molar-refractivity contribution is 0.335. The molecule has 0 spiro atoms. The van der Waals surface area contributed by atoms with E-state index in [0.29, 0.717) is 6.61 Å². The molecule has 3 heteroatoms. The zero-order chi connectivity index (χ0) is 13.5. The molecule has 0 aromatic heterocycles. The average molecular weight is 250 g/mol. The fourth-order valence-electron chi connectivity index (χ4n) is 1.98. The summed E-state index contributed by atoms with van der Waals surface area (Å²) in [5.41, 5.74) is 8.59. The van der Waals surface area contributed by atoms with Crippen LogP contribution in [0.25, 0.3) is 0 Å². The zero-order valence-electron chi connectivity index (χ0n) is 12.1. The van der Waals surface area contributed by atoms with Crippen LogP contribution in [-0.4, -0.2) is 31.6 Å². The fourth-order valence-corrected chi connectivity index (χ4v) is 1.98.